The van der Waals surface area contributed by atoms with Crippen LogP contribution in [0.5, 0.6) is 5.75 Å². The van der Waals surface area contributed by atoms with Gasteiger partial charge >= 0.3 is 0 Å². The minimum absolute atomic E-state index is 0.500. The minimum Gasteiger partial charge on any atom is -0.497 e. The van der Waals surface area contributed by atoms with Crippen LogP contribution in [0.4, 0.5) is 0 Å². The number of hydrogen-bond donors (Lipinski definition) is 0. The van der Waals surface area contributed by atoms with Crippen molar-refractivity contribution < 1.29 is 18.9 Å². The molecule has 0 N–H and O–H groups in total. The van der Waals surface area contributed by atoms with Gasteiger partial charge < -0.3 is 18.9 Å². The average Bonchev–Trinajstić information content (AvgIpc) is 2.41. The van der Waals surface area contributed by atoms with Gasteiger partial charge in [-0.25, -0.2) is 0 Å². The molecule has 0 aromatic heterocycles. The molecule has 0 spiro atoms. The lowest BCUT2D eigenvalue weighted by molar-refractivity contribution is -0.382. The molecular formula is C14H22O4. The standard InChI is InChI=1S/C14H22O4/c1-13(2,14(16-4,17-5)18-6)11-8-7-9-12(10-11)15-3/h7-10H,1-6H3. The summed E-state index contributed by atoms with van der Waals surface area (Å²) >= 11 is 0. The second-order valence-electron chi connectivity index (χ2n) is 4.53. The Balaban J connectivity index is 3.25. The van der Waals surface area contributed by atoms with Gasteiger partial charge in [0, 0.05) is 21.3 Å². The van der Waals surface area contributed by atoms with Crippen LogP contribution >= 0.6 is 0 Å². The van der Waals surface area contributed by atoms with E-state index >= 15 is 0 Å². The summed E-state index contributed by atoms with van der Waals surface area (Å²) in [5.41, 5.74) is 0.507. The van der Waals surface area contributed by atoms with Gasteiger partial charge in [-0.05, 0) is 31.5 Å². The van der Waals surface area contributed by atoms with E-state index in [4.69, 9.17) is 18.9 Å². The summed E-state index contributed by atoms with van der Waals surface area (Å²) in [5, 5.41) is 0. The molecule has 1 rings (SSSR count). The van der Waals surface area contributed by atoms with Gasteiger partial charge in [0.2, 0.25) is 0 Å². The van der Waals surface area contributed by atoms with Gasteiger partial charge in [-0.2, -0.15) is 0 Å². The Morgan fingerprint density at radius 1 is 0.889 bits per heavy atom. The molecule has 0 saturated heterocycles. The van der Waals surface area contributed by atoms with Crippen LogP contribution in [-0.2, 0) is 19.6 Å². The molecule has 0 atom stereocenters. The lowest BCUT2D eigenvalue weighted by atomic mass is 9.81. The predicted octanol–water partition coefficient (Wildman–Crippen LogP) is 2.57. The van der Waals surface area contributed by atoms with Crippen LogP contribution in [0.2, 0.25) is 0 Å². The van der Waals surface area contributed by atoms with Gasteiger partial charge in [0.05, 0.1) is 12.5 Å². The molecular weight excluding hydrogens is 232 g/mol. The third kappa shape index (κ3) is 2.36. The summed E-state index contributed by atoms with van der Waals surface area (Å²) in [7, 11) is 6.33. The van der Waals surface area contributed by atoms with Crippen molar-refractivity contribution in [2.75, 3.05) is 28.4 Å². The van der Waals surface area contributed by atoms with Gasteiger partial charge in [0.25, 0.3) is 5.97 Å². The van der Waals surface area contributed by atoms with E-state index in [2.05, 4.69) is 0 Å². The van der Waals surface area contributed by atoms with Crippen LogP contribution in [0.25, 0.3) is 0 Å². The van der Waals surface area contributed by atoms with Gasteiger partial charge in [-0.15, -0.1) is 0 Å². The van der Waals surface area contributed by atoms with Crippen molar-refractivity contribution in [2.24, 2.45) is 0 Å². The zero-order valence-electron chi connectivity index (χ0n) is 11.9. The molecule has 0 radical (unpaired) electrons. The Bertz CT molecular complexity index is 375. The number of ether oxygens (including phenoxy) is 4. The van der Waals surface area contributed by atoms with Gasteiger partial charge in [0.1, 0.15) is 5.75 Å². The Morgan fingerprint density at radius 3 is 1.89 bits per heavy atom. The van der Waals surface area contributed by atoms with Gasteiger partial charge in [-0.3, -0.25) is 0 Å². The Morgan fingerprint density at radius 2 is 1.44 bits per heavy atom. The van der Waals surface area contributed by atoms with E-state index < -0.39 is 11.4 Å². The lowest BCUT2D eigenvalue weighted by Crippen LogP contribution is -2.52. The van der Waals surface area contributed by atoms with E-state index in [1.807, 2.05) is 38.1 Å². The largest absolute Gasteiger partial charge is 0.497 e. The second-order valence-corrected chi connectivity index (χ2v) is 4.53. The van der Waals surface area contributed by atoms with E-state index in [1.165, 1.54) is 0 Å². The molecule has 1 aromatic rings. The van der Waals surface area contributed by atoms with Crippen molar-refractivity contribution in [3.05, 3.63) is 29.8 Å². The number of benzene rings is 1. The first-order valence-electron chi connectivity index (χ1n) is 5.77. The first-order valence-corrected chi connectivity index (χ1v) is 5.77. The number of methoxy groups -OCH3 is 4. The summed E-state index contributed by atoms with van der Waals surface area (Å²) in [6, 6.07) is 7.77. The molecule has 0 saturated carbocycles. The molecule has 0 aliphatic rings. The fourth-order valence-corrected chi connectivity index (χ4v) is 2.20. The second kappa shape index (κ2) is 5.69. The molecule has 0 aliphatic heterocycles. The fraction of sp³-hybridized carbons (Fsp3) is 0.571. The SMILES string of the molecule is COc1cccc(C(C)(C)C(OC)(OC)OC)c1. The summed E-state index contributed by atoms with van der Waals surface area (Å²) in [5.74, 6) is -0.350. The Labute approximate surface area is 109 Å². The molecule has 1 aromatic carbocycles. The van der Waals surface area contributed by atoms with E-state index in [-0.39, 0.29) is 0 Å². The maximum atomic E-state index is 5.44. The van der Waals surface area contributed by atoms with Crippen LogP contribution in [0.1, 0.15) is 19.4 Å². The number of rotatable bonds is 6. The van der Waals surface area contributed by atoms with Crippen LogP contribution in [0, 0.1) is 0 Å². The smallest absolute Gasteiger partial charge is 0.291 e. The molecule has 0 aliphatic carbocycles. The van der Waals surface area contributed by atoms with Crippen LogP contribution < -0.4 is 4.74 Å². The molecule has 0 unspecified atom stereocenters. The molecule has 4 heteroatoms. The van der Waals surface area contributed by atoms with E-state index in [9.17, 15) is 0 Å². The molecule has 4 nitrogen and oxygen atoms in total. The number of hydrogen-bond acceptors (Lipinski definition) is 4. The topological polar surface area (TPSA) is 36.9 Å². The third-order valence-corrected chi connectivity index (χ3v) is 3.36. The molecule has 0 bridgehead atoms. The Hall–Kier alpha value is -1.10. The van der Waals surface area contributed by atoms with E-state index in [0.29, 0.717) is 0 Å². The van der Waals surface area contributed by atoms with Crippen molar-refractivity contribution in [3.8, 4) is 5.75 Å². The normalized spacial score (nSPS) is 12.6. The molecule has 0 amide bonds. The highest BCUT2D eigenvalue weighted by molar-refractivity contribution is 5.34. The van der Waals surface area contributed by atoms with Crippen molar-refractivity contribution in [1.29, 1.82) is 0 Å². The summed E-state index contributed by atoms with van der Waals surface area (Å²) < 4.78 is 21.6. The Kier molecular flexibility index (Phi) is 4.73. The maximum Gasteiger partial charge on any atom is 0.291 e. The lowest BCUT2D eigenvalue weighted by Gasteiger charge is -2.42. The van der Waals surface area contributed by atoms with Crippen molar-refractivity contribution >= 4 is 0 Å². The molecule has 0 fully saturated rings. The zero-order chi connectivity index (χ0) is 13.8. The summed E-state index contributed by atoms with van der Waals surface area (Å²) in [6.07, 6.45) is 0. The molecule has 102 valence electrons. The van der Waals surface area contributed by atoms with Crippen molar-refractivity contribution in [2.45, 2.75) is 25.2 Å². The van der Waals surface area contributed by atoms with E-state index in [0.717, 1.165) is 11.3 Å². The quantitative estimate of drug-likeness (QED) is 0.731. The summed E-state index contributed by atoms with van der Waals surface area (Å²) in [4.78, 5) is 0. The molecule has 18 heavy (non-hydrogen) atoms. The first-order chi connectivity index (χ1) is 8.47. The van der Waals surface area contributed by atoms with Gasteiger partial charge in [0.15, 0.2) is 0 Å². The first kappa shape index (κ1) is 15.0. The predicted molar refractivity (Wildman–Crippen MR) is 69.8 cm³/mol. The maximum absolute atomic E-state index is 5.44. The monoisotopic (exact) mass is 254 g/mol. The zero-order valence-corrected chi connectivity index (χ0v) is 11.9. The van der Waals surface area contributed by atoms with Crippen LogP contribution in [0.3, 0.4) is 0 Å². The fourth-order valence-electron chi connectivity index (χ4n) is 2.20. The third-order valence-electron chi connectivity index (χ3n) is 3.36. The summed E-state index contributed by atoms with van der Waals surface area (Å²) in [6.45, 7) is 4.00. The van der Waals surface area contributed by atoms with E-state index in [1.54, 1.807) is 28.4 Å². The highest BCUT2D eigenvalue weighted by atomic mass is 16.9. The van der Waals surface area contributed by atoms with Crippen molar-refractivity contribution in [3.63, 3.8) is 0 Å². The minimum atomic E-state index is -1.14. The van der Waals surface area contributed by atoms with Crippen LogP contribution in [0.15, 0.2) is 24.3 Å². The molecule has 0 heterocycles. The highest BCUT2D eigenvalue weighted by Gasteiger charge is 2.48. The van der Waals surface area contributed by atoms with Crippen molar-refractivity contribution in [1.82, 2.24) is 0 Å². The van der Waals surface area contributed by atoms with Gasteiger partial charge in [-0.1, -0.05) is 12.1 Å². The average molecular weight is 254 g/mol. The van der Waals surface area contributed by atoms with Crippen LogP contribution in [-0.4, -0.2) is 34.4 Å². The highest BCUT2D eigenvalue weighted by Crippen LogP contribution is 2.39.